The van der Waals surface area contributed by atoms with E-state index in [1.807, 2.05) is 12.1 Å². The highest BCUT2D eigenvalue weighted by atomic mass is 19.1. The maximum atomic E-state index is 13.5. The first kappa shape index (κ1) is 11.4. The minimum Gasteiger partial charge on any atom is -0.306 e. The van der Waals surface area contributed by atoms with Gasteiger partial charge in [-0.25, -0.2) is 4.39 Å². The Hall–Kier alpha value is -1.67. The summed E-state index contributed by atoms with van der Waals surface area (Å²) in [4.78, 5) is 0. The van der Waals surface area contributed by atoms with Crippen LogP contribution < -0.4 is 5.32 Å². The van der Waals surface area contributed by atoms with Gasteiger partial charge in [0.1, 0.15) is 5.82 Å². The van der Waals surface area contributed by atoms with Gasteiger partial charge < -0.3 is 5.32 Å². The first-order chi connectivity index (χ1) is 8.84. The Kier molecular flexibility index (Phi) is 3.11. The lowest BCUT2D eigenvalue weighted by molar-refractivity contribution is 0.513. The summed E-state index contributed by atoms with van der Waals surface area (Å²) in [5.74, 6) is -0.128. The molecule has 0 heterocycles. The van der Waals surface area contributed by atoms with Crippen LogP contribution in [0.4, 0.5) is 4.39 Å². The molecule has 2 aromatic carbocycles. The van der Waals surface area contributed by atoms with Crippen LogP contribution in [-0.2, 0) is 13.0 Å². The van der Waals surface area contributed by atoms with E-state index in [0.717, 1.165) is 18.4 Å². The predicted octanol–water partition coefficient (Wildman–Crippen LogP) is 3.60. The van der Waals surface area contributed by atoms with Gasteiger partial charge in [-0.1, -0.05) is 42.5 Å². The number of hydrogen-bond acceptors (Lipinski definition) is 1. The second-order valence-corrected chi connectivity index (χ2v) is 4.76. The van der Waals surface area contributed by atoms with E-state index in [1.165, 1.54) is 17.2 Å². The molecule has 2 heteroatoms. The number of benzene rings is 2. The molecule has 1 aliphatic carbocycles. The zero-order valence-electron chi connectivity index (χ0n) is 10.2. The first-order valence-corrected chi connectivity index (χ1v) is 6.39. The molecule has 3 rings (SSSR count). The lowest BCUT2D eigenvalue weighted by Gasteiger charge is -2.14. The molecule has 1 aliphatic rings. The van der Waals surface area contributed by atoms with E-state index in [0.29, 0.717) is 12.6 Å². The van der Waals surface area contributed by atoms with E-state index < -0.39 is 0 Å². The van der Waals surface area contributed by atoms with Gasteiger partial charge in [-0.15, -0.1) is 0 Å². The summed E-state index contributed by atoms with van der Waals surface area (Å²) in [6, 6.07) is 15.8. The smallest absolute Gasteiger partial charge is 0.127 e. The van der Waals surface area contributed by atoms with Crippen molar-refractivity contribution in [3.63, 3.8) is 0 Å². The van der Waals surface area contributed by atoms with Crippen LogP contribution in [0.15, 0.2) is 48.5 Å². The summed E-state index contributed by atoms with van der Waals surface area (Å²) in [5.41, 5.74) is 3.53. The van der Waals surface area contributed by atoms with Gasteiger partial charge >= 0.3 is 0 Å². The lowest BCUT2D eigenvalue weighted by atomic mass is 10.1. The Morgan fingerprint density at radius 1 is 1.06 bits per heavy atom. The third-order valence-corrected chi connectivity index (χ3v) is 3.63. The second-order valence-electron chi connectivity index (χ2n) is 4.76. The molecular weight excluding hydrogens is 225 g/mol. The maximum absolute atomic E-state index is 13.5. The Labute approximate surface area is 107 Å². The van der Waals surface area contributed by atoms with Crippen molar-refractivity contribution in [1.29, 1.82) is 0 Å². The number of hydrogen-bond donors (Lipinski definition) is 1. The highest BCUT2D eigenvalue weighted by Gasteiger charge is 2.21. The molecule has 2 aromatic rings. The zero-order chi connectivity index (χ0) is 12.4. The molecule has 0 aromatic heterocycles. The predicted molar refractivity (Wildman–Crippen MR) is 70.7 cm³/mol. The summed E-state index contributed by atoms with van der Waals surface area (Å²) < 4.78 is 13.5. The van der Waals surface area contributed by atoms with Crippen LogP contribution in [0.3, 0.4) is 0 Å². The van der Waals surface area contributed by atoms with Crippen molar-refractivity contribution >= 4 is 0 Å². The Bertz CT molecular complexity index is 550. The molecule has 0 amide bonds. The van der Waals surface area contributed by atoms with Gasteiger partial charge in [0.2, 0.25) is 0 Å². The monoisotopic (exact) mass is 241 g/mol. The molecule has 1 nitrogen and oxygen atoms in total. The molecule has 0 aliphatic heterocycles. The molecule has 0 spiro atoms. The molecule has 92 valence electrons. The SMILES string of the molecule is Fc1ccccc1CNC1CCc2ccccc21. The van der Waals surface area contributed by atoms with Crippen LogP contribution in [-0.4, -0.2) is 0 Å². The van der Waals surface area contributed by atoms with Gasteiger partial charge in [0.05, 0.1) is 0 Å². The number of halogens is 1. The minimum absolute atomic E-state index is 0.128. The van der Waals surface area contributed by atoms with Crippen molar-refractivity contribution in [3.05, 3.63) is 71.0 Å². The van der Waals surface area contributed by atoms with E-state index >= 15 is 0 Å². The topological polar surface area (TPSA) is 12.0 Å². The summed E-state index contributed by atoms with van der Waals surface area (Å²) in [5, 5.41) is 3.45. The third-order valence-electron chi connectivity index (χ3n) is 3.63. The van der Waals surface area contributed by atoms with E-state index in [9.17, 15) is 4.39 Å². The standard InChI is InChI=1S/C16H16FN/c17-15-8-4-2-6-13(15)11-18-16-10-9-12-5-1-3-7-14(12)16/h1-8,16,18H,9-11H2. The molecule has 0 radical (unpaired) electrons. The number of fused-ring (bicyclic) bond motifs is 1. The first-order valence-electron chi connectivity index (χ1n) is 6.39. The average molecular weight is 241 g/mol. The fraction of sp³-hybridized carbons (Fsp3) is 0.250. The van der Waals surface area contributed by atoms with Gasteiger partial charge in [-0.3, -0.25) is 0 Å². The van der Waals surface area contributed by atoms with E-state index in [4.69, 9.17) is 0 Å². The van der Waals surface area contributed by atoms with Crippen molar-refractivity contribution in [2.45, 2.75) is 25.4 Å². The quantitative estimate of drug-likeness (QED) is 0.865. The lowest BCUT2D eigenvalue weighted by Crippen LogP contribution is -2.19. The summed E-state index contributed by atoms with van der Waals surface area (Å²) >= 11 is 0. The maximum Gasteiger partial charge on any atom is 0.127 e. The van der Waals surface area contributed by atoms with Gasteiger partial charge in [0.15, 0.2) is 0 Å². The summed E-state index contributed by atoms with van der Waals surface area (Å²) in [7, 11) is 0. The number of nitrogens with one attached hydrogen (secondary N) is 1. The van der Waals surface area contributed by atoms with E-state index in [2.05, 4.69) is 29.6 Å². The van der Waals surface area contributed by atoms with Crippen molar-refractivity contribution < 1.29 is 4.39 Å². The highest BCUT2D eigenvalue weighted by molar-refractivity contribution is 5.34. The van der Waals surface area contributed by atoms with E-state index in [1.54, 1.807) is 6.07 Å². The van der Waals surface area contributed by atoms with Gasteiger partial charge in [0.25, 0.3) is 0 Å². The molecule has 1 N–H and O–H groups in total. The second kappa shape index (κ2) is 4.91. The van der Waals surface area contributed by atoms with Gasteiger partial charge in [-0.05, 0) is 30.0 Å². The van der Waals surface area contributed by atoms with Crippen LogP contribution >= 0.6 is 0 Å². The van der Waals surface area contributed by atoms with Crippen molar-refractivity contribution in [3.8, 4) is 0 Å². The largest absolute Gasteiger partial charge is 0.306 e. The zero-order valence-corrected chi connectivity index (χ0v) is 10.2. The van der Waals surface area contributed by atoms with Crippen LogP contribution in [0.25, 0.3) is 0 Å². The van der Waals surface area contributed by atoms with Gasteiger partial charge in [0, 0.05) is 18.2 Å². The normalized spacial score (nSPS) is 17.7. The molecule has 0 fully saturated rings. The van der Waals surface area contributed by atoms with Crippen molar-refractivity contribution in [2.24, 2.45) is 0 Å². The summed E-state index contributed by atoms with van der Waals surface area (Å²) in [6.07, 6.45) is 2.22. The van der Waals surface area contributed by atoms with Crippen molar-refractivity contribution in [2.75, 3.05) is 0 Å². The Morgan fingerprint density at radius 3 is 2.72 bits per heavy atom. The van der Waals surface area contributed by atoms with Crippen LogP contribution in [0, 0.1) is 5.82 Å². The molecule has 1 unspecified atom stereocenters. The Morgan fingerprint density at radius 2 is 1.83 bits per heavy atom. The Balaban J connectivity index is 1.71. The third kappa shape index (κ3) is 2.16. The molecule has 18 heavy (non-hydrogen) atoms. The van der Waals surface area contributed by atoms with Crippen LogP contribution in [0.1, 0.15) is 29.2 Å². The fourth-order valence-corrected chi connectivity index (χ4v) is 2.64. The molecule has 1 atom stereocenters. The highest BCUT2D eigenvalue weighted by Crippen LogP contribution is 2.30. The molecule has 0 saturated heterocycles. The van der Waals surface area contributed by atoms with Gasteiger partial charge in [-0.2, -0.15) is 0 Å². The number of rotatable bonds is 3. The summed E-state index contributed by atoms with van der Waals surface area (Å²) in [6.45, 7) is 0.589. The van der Waals surface area contributed by atoms with E-state index in [-0.39, 0.29) is 5.82 Å². The molecule has 0 bridgehead atoms. The average Bonchev–Trinajstić information content (AvgIpc) is 2.81. The molecular formula is C16H16FN. The number of aryl methyl sites for hydroxylation is 1. The van der Waals surface area contributed by atoms with Crippen LogP contribution in [0.5, 0.6) is 0 Å². The fourth-order valence-electron chi connectivity index (χ4n) is 2.64. The molecule has 0 saturated carbocycles. The van der Waals surface area contributed by atoms with Crippen molar-refractivity contribution in [1.82, 2.24) is 5.32 Å². The minimum atomic E-state index is -0.128. The van der Waals surface area contributed by atoms with Crippen LogP contribution in [0.2, 0.25) is 0 Å².